The van der Waals surface area contributed by atoms with Crippen LogP contribution >= 0.6 is 11.6 Å². The summed E-state index contributed by atoms with van der Waals surface area (Å²) in [4.78, 5) is 12.2. The van der Waals surface area contributed by atoms with Crippen LogP contribution in [0, 0.1) is 11.3 Å². The van der Waals surface area contributed by atoms with Crippen LogP contribution in [0.4, 0.5) is 5.69 Å². The molecule has 2 N–H and O–H groups in total. The molecule has 0 atom stereocenters. The largest absolute Gasteiger partial charge is 0.387 e. The first-order valence-corrected chi connectivity index (χ1v) is 6.76. The molecule has 0 spiro atoms. The smallest absolute Gasteiger partial charge is 0.253 e. The number of halogens is 1. The quantitative estimate of drug-likeness (QED) is 0.911. The summed E-state index contributed by atoms with van der Waals surface area (Å²) < 4.78 is 0. The Balaban J connectivity index is 2.11. The SMILES string of the molecule is CNc1ccc(Cl)cc1C(=O)NCc1cccc(C#N)c1. The Bertz CT molecular complexity index is 707. The van der Waals surface area contributed by atoms with Crippen molar-refractivity contribution in [3.05, 3.63) is 64.2 Å². The summed E-state index contributed by atoms with van der Waals surface area (Å²) in [6.07, 6.45) is 0. The Morgan fingerprint density at radius 1 is 1.29 bits per heavy atom. The molecule has 2 aromatic carbocycles. The lowest BCUT2D eigenvalue weighted by Gasteiger charge is -2.10. The van der Waals surface area contributed by atoms with Gasteiger partial charge in [0.15, 0.2) is 0 Å². The Labute approximate surface area is 128 Å². The van der Waals surface area contributed by atoms with Gasteiger partial charge in [-0.15, -0.1) is 0 Å². The fourth-order valence-electron chi connectivity index (χ4n) is 1.95. The summed E-state index contributed by atoms with van der Waals surface area (Å²) in [6, 6.07) is 14.3. The van der Waals surface area contributed by atoms with Gasteiger partial charge in [-0.3, -0.25) is 4.79 Å². The Morgan fingerprint density at radius 3 is 2.81 bits per heavy atom. The van der Waals surface area contributed by atoms with Gasteiger partial charge in [-0.2, -0.15) is 5.26 Å². The molecule has 0 radical (unpaired) electrons. The fraction of sp³-hybridized carbons (Fsp3) is 0.125. The topological polar surface area (TPSA) is 64.9 Å². The number of nitriles is 1. The summed E-state index contributed by atoms with van der Waals surface area (Å²) in [5.74, 6) is -0.218. The molecule has 0 bridgehead atoms. The molecule has 0 fully saturated rings. The number of benzene rings is 2. The number of rotatable bonds is 4. The molecule has 2 rings (SSSR count). The van der Waals surface area contributed by atoms with E-state index < -0.39 is 0 Å². The maximum absolute atomic E-state index is 12.2. The minimum atomic E-state index is -0.218. The highest BCUT2D eigenvalue weighted by Gasteiger charge is 2.11. The van der Waals surface area contributed by atoms with Gasteiger partial charge in [0.05, 0.1) is 17.2 Å². The van der Waals surface area contributed by atoms with Crippen LogP contribution in [0.1, 0.15) is 21.5 Å². The van der Waals surface area contributed by atoms with E-state index in [-0.39, 0.29) is 5.91 Å². The van der Waals surface area contributed by atoms with Crippen molar-refractivity contribution >= 4 is 23.2 Å². The number of nitrogens with zero attached hydrogens (tertiary/aromatic N) is 1. The molecule has 0 saturated heterocycles. The van der Waals surface area contributed by atoms with Gasteiger partial charge in [0.25, 0.3) is 5.91 Å². The molecule has 2 aromatic rings. The monoisotopic (exact) mass is 299 g/mol. The van der Waals surface area contributed by atoms with Crippen LogP contribution in [0.15, 0.2) is 42.5 Å². The number of carbonyl (C=O) groups excluding carboxylic acids is 1. The third-order valence-corrected chi connectivity index (χ3v) is 3.24. The third-order valence-electron chi connectivity index (χ3n) is 3.00. The van der Waals surface area contributed by atoms with E-state index in [1.54, 1.807) is 43.4 Å². The molecule has 0 heterocycles. The van der Waals surface area contributed by atoms with Crippen molar-refractivity contribution in [1.82, 2.24) is 5.32 Å². The van der Waals surface area contributed by atoms with Gasteiger partial charge in [0.2, 0.25) is 0 Å². The van der Waals surface area contributed by atoms with Crippen molar-refractivity contribution in [2.45, 2.75) is 6.54 Å². The number of carbonyl (C=O) groups is 1. The molecule has 0 saturated carbocycles. The van der Waals surface area contributed by atoms with Crippen LogP contribution in [0.5, 0.6) is 0 Å². The average Bonchev–Trinajstić information content (AvgIpc) is 2.52. The molecule has 0 unspecified atom stereocenters. The van der Waals surface area contributed by atoms with E-state index in [2.05, 4.69) is 16.7 Å². The Hall–Kier alpha value is -2.51. The van der Waals surface area contributed by atoms with Crippen molar-refractivity contribution in [1.29, 1.82) is 5.26 Å². The van der Waals surface area contributed by atoms with Crippen LogP contribution < -0.4 is 10.6 Å². The van der Waals surface area contributed by atoms with Crippen LogP contribution in [0.3, 0.4) is 0 Å². The molecule has 21 heavy (non-hydrogen) atoms. The molecular formula is C16H14ClN3O. The van der Waals surface area contributed by atoms with Gasteiger partial charge in [-0.1, -0.05) is 23.7 Å². The first-order valence-electron chi connectivity index (χ1n) is 6.38. The van der Waals surface area contributed by atoms with E-state index in [0.717, 1.165) is 5.56 Å². The van der Waals surface area contributed by atoms with Crippen LogP contribution in [-0.2, 0) is 6.54 Å². The molecule has 0 aliphatic carbocycles. The molecular weight excluding hydrogens is 286 g/mol. The van der Waals surface area contributed by atoms with E-state index >= 15 is 0 Å². The van der Waals surface area contributed by atoms with Crippen molar-refractivity contribution < 1.29 is 4.79 Å². The molecule has 106 valence electrons. The minimum Gasteiger partial charge on any atom is -0.387 e. The standard InChI is InChI=1S/C16H14ClN3O/c1-19-15-6-5-13(17)8-14(15)16(21)20-10-12-4-2-3-11(7-12)9-18/h2-8,19H,10H2,1H3,(H,20,21). The van der Waals surface area contributed by atoms with Gasteiger partial charge >= 0.3 is 0 Å². The minimum absolute atomic E-state index is 0.218. The highest BCUT2D eigenvalue weighted by molar-refractivity contribution is 6.31. The zero-order valence-electron chi connectivity index (χ0n) is 11.5. The van der Waals surface area contributed by atoms with Crippen molar-refractivity contribution in [2.75, 3.05) is 12.4 Å². The molecule has 5 heteroatoms. The Morgan fingerprint density at radius 2 is 2.10 bits per heavy atom. The molecule has 1 amide bonds. The maximum Gasteiger partial charge on any atom is 0.253 e. The summed E-state index contributed by atoms with van der Waals surface area (Å²) in [5, 5.41) is 15.1. The van der Waals surface area contributed by atoms with Crippen molar-refractivity contribution in [3.63, 3.8) is 0 Å². The van der Waals surface area contributed by atoms with Crippen molar-refractivity contribution in [2.24, 2.45) is 0 Å². The third kappa shape index (κ3) is 3.74. The first-order chi connectivity index (χ1) is 10.1. The van der Waals surface area contributed by atoms with Crippen LogP contribution in [0.25, 0.3) is 0 Å². The van der Waals surface area contributed by atoms with Gasteiger partial charge in [0, 0.05) is 24.3 Å². The average molecular weight is 300 g/mol. The molecule has 0 aromatic heterocycles. The normalized spacial score (nSPS) is 9.76. The second kappa shape index (κ2) is 6.78. The zero-order chi connectivity index (χ0) is 15.2. The van der Waals surface area contributed by atoms with E-state index in [1.165, 1.54) is 0 Å². The van der Waals surface area contributed by atoms with E-state index in [1.807, 2.05) is 6.07 Å². The van der Waals surface area contributed by atoms with E-state index in [9.17, 15) is 4.79 Å². The fourth-order valence-corrected chi connectivity index (χ4v) is 2.12. The number of anilines is 1. The highest BCUT2D eigenvalue weighted by Crippen LogP contribution is 2.20. The van der Waals surface area contributed by atoms with E-state index in [0.29, 0.717) is 28.4 Å². The predicted octanol–water partition coefficient (Wildman–Crippen LogP) is 3.18. The summed E-state index contributed by atoms with van der Waals surface area (Å²) >= 11 is 5.93. The van der Waals surface area contributed by atoms with E-state index in [4.69, 9.17) is 16.9 Å². The summed E-state index contributed by atoms with van der Waals surface area (Å²) in [6.45, 7) is 0.351. The number of hydrogen-bond acceptors (Lipinski definition) is 3. The van der Waals surface area contributed by atoms with Gasteiger partial charge in [-0.05, 0) is 35.9 Å². The van der Waals surface area contributed by atoms with Gasteiger partial charge < -0.3 is 10.6 Å². The molecule has 0 aliphatic heterocycles. The van der Waals surface area contributed by atoms with Crippen LogP contribution in [0.2, 0.25) is 5.02 Å². The van der Waals surface area contributed by atoms with Gasteiger partial charge in [0.1, 0.15) is 0 Å². The second-order valence-corrected chi connectivity index (χ2v) is 4.87. The number of amides is 1. The van der Waals surface area contributed by atoms with Gasteiger partial charge in [-0.25, -0.2) is 0 Å². The zero-order valence-corrected chi connectivity index (χ0v) is 12.2. The maximum atomic E-state index is 12.2. The lowest BCUT2D eigenvalue weighted by atomic mass is 10.1. The lowest BCUT2D eigenvalue weighted by Crippen LogP contribution is -2.23. The highest BCUT2D eigenvalue weighted by atomic mass is 35.5. The number of nitrogens with one attached hydrogen (secondary N) is 2. The predicted molar refractivity (Wildman–Crippen MR) is 83.3 cm³/mol. The first kappa shape index (κ1) is 14.9. The lowest BCUT2D eigenvalue weighted by molar-refractivity contribution is 0.0951. The molecule has 4 nitrogen and oxygen atoms in total. The number of hydrogen-bond donors (Lipinski definition) is 2. The summed E-state index contributed by atoms with van der Waals surface area (Å²) in [5.41, 5.74) is 2.64. The Kier molecular flexibility index (Phi) is 4.81. The molecule has 0 aliphatic rings. The second-order valence-electron chi connectivity index (χ2n) is 4.43. The summed E-state index contributed by atoms with van der Waals surface area (Å²) in [7, 11) is 1.75. The van der Waals surface area contributed by atoms with Crippen molar-refractivity contribution in [3.8, 4) is 6.07 Å². The van der Waals surface area contributed by atoms with Crippen LogP contribution in [-0.4, -0.2) is 13.0 Å².